The largest absolute Gasteiger partial charge is 0.579 e. The zero-order valence-corrected chi connectivity index (χ0v) is 18.7. The third kappa shape index (κ3) is 13.5. The summed E-state index contributed by atoms with van der Waals surface area (Å²) in [6.07, 6.45) is -4.36. The first-order valence-electron chi connectivity index (χ1n) is 7.58. The second-order valence-corrected chi connectivity index (χ2v) is 4.42. The second kappa shape index (κ2) is 19.0. The van der Waals surface area contributed by atoms with Crippen molar-refractivity contribution in [2.24, 2.45) is 0 Å². The van der Waals surface area contributed by atoms with Crippen LogP contribution < -0.4 is 5.10 Å². The van der Waals surface area contributed by atoms with Crippen LogP contribution in [0.3, 0.4) is 0 Å². The number of aliphatic hydroxyl groups excluding tert-OH is 2. The summed E-state index contributed by atoms with van der Waals surface area (Å²) in [4.78, 5) is 7.75. The van der Waals surface area contributed by atoms with Crippen LogP contribution in [0.15, 0.2) is 54.6 Å². The van der Waals surface area contributed by atoms with Crippen molar-refractivity contribution in [1.82, 2.24) is 10.2 Å². The average Bonchev–Trinajstić information content (AvgIpc) is 3.21. The first-order valence-corrected chi connectivity index (χ1v) is 7.58. The summed E-state index contributed by atoms with van der Waals surface area (Å²) in [6, 6.07) is 23.0. The van der Waals surface area contributed by atoms with Gasteiger partial charge in [-0.15, -0.1) is 17.8 Å². The van der Waals surface area contributed by atoms with E-state index in [-0.39, 0.29) is 26.1 Å². The molecule has 0 saturated carbocycles. The number of rotatable bonds is 1. The fourth-order valence-corrected chi connectivity index (χ4v) is 1.65. The maximum Gasteiger partial charge on any atom is 0.431 e. The van der Waals surface area contributed by atoms with Gasteiger partial charge >= 0.3 is 6.18 Å². The van der Waals surface area contributed by atoms with Gasteiger partial charge in [0.2, 0.25) is 0 Å². The van der Waals surface area contributed by atoms with Crippen LogP contribution in [0.1, 0.15) is 11.4 Å². The predicted molar refractivity (Wildman–Crippen MR) is 99.9 cm³/mol. The number of carbonyl (C=O) groups excluding carboxylic acids is 1. The third-order valence-corrected chi connectivity index (χ3v) is 2.66. The molecule has 29 heavy (non-hydrogen) atoms. The summed E-state index contributed by atoms with van der Waals surface area (Å²) in [6.45, 7) is 4.71. The molecule has 0 aliphatic rings. The molecule has 161 valence electrons. The van der Waals surface area contributed by atoms with Gasteiger partial charge in [0, 0.05) is 34.6 Å². The van der Waals surface area contributed by atoms with Crippen molar-refractivity contribution in [2.45, 2.75) is 13.1 Å². The predicted octanol–water partition coefficient (Wildman–Crippen LogP) is 3.26. The summed E-state index contributed by atoms with van der Waals surface area (Å²) in [5, 5.41) is 20.1. The minimum absolute atomic E-state index is 0. The Labute approximate surface area is 182 Å². The van der Waals surface area contributed by atoms with Crippen LogP contribution >= 0.6 is 0 Å². The van der Waals surface area contributed by atoms with Crippen LogP contribution in [0.25, 0.3) is 11.1 Å². The van der Waals surface area contributed by atoms with Gasteiger partial charge in [0.1, 0.15) is 5.69 Å². The van der Waals surface area contributed by atoms with E-state index in [1.807, 2.05) is 48.5 Å². The van der Waals surface area contributed by atoms with E-state index in [0.29, 0.717) is 0 Å². The maximum atomic E-state index is 11.7. The molecule has 0 atom stereocenters. The molecule has 0 spiro atoms. The number of halogens is 3. The summed E-state index contributed by atoms with van der Waals surface area (Å²) in [5.74, 6) is 0. The number of hydrogen-bond donors (Lipinski definition) is 2. The molecule has 0 unspecified atom stereocenters. The molecule has 0 saturated heterocycles. The molecular weight excluding hydrogens is 559 g/mol. The van der Waals surface area contributed by atoms with E-state index in [0.717, 1.165) is 31.4 Å². The average molecular weight is 581 g/mol. The van der Waals surface area contributed by atoms with Crippen LogP contribution in [0.4, 0.5) is 13.2 Å². The normalized spacial score (nSPS) is 8.69. The van der Waals surface area contributed by atoms with Gasteiger partial charge in [-0.2, -0.15) is 61.7 Å². The number of aromatic nitrogens is 2. The first kappa shape index (κ1) is 31.4. The number of benzene rings is 2. The van der Waals surface area contributed by atoms with Gasteiger partial charge in [-0.1, -0.05) is 13.0 Å². The van der Waals surface area contributed by atoms with Crippen LogP contribution in [0, 0.1) is 19.1 Å². The fraction of sp³-hybridized carbons (Fsp3) is 0.200. The Kier molecular flexibility index (Phi) is 20.6. The minimum Gasteiger partial charge on any atom is -0.579 e. The van der Waals surface area contributed by atoms with Crippen LogP contribution in [0.5, 0.6) is 0 Å². The van der Waals surface area contributed by atoms with E-state index in [4.69, 9.17) is 15.0 Å². The van der Waals surface area contributed by atoms with Gasteiger partial charge in [0.15, 0.2) is 0 Å². The molecule has 0 fully saturated rings. The number of hydrogen-bond acceptors (Lipinski definition) is 4. The van der Waals surface area contributed by atoms with E-state index < -0.39 is 11.9 Å². The van der Waals surface area contributed by atoms with E-state index in [9.17, 15) is 13.2 Å². The third-order valence-electron chi connectivity index (χ3n) is 2.66. The quantitative estimate of drug-likeness (QED) is 0.341. The molecule has 1 heterocycles. The zero-order valence-electron chi connectivity index (χ0n) is 16.0. The van der Waals surface area contributed by atoms with Gasteiger partial charge in [-0.3, -0.25) is 6.79 Å². The molecular formula is C20H21F3N2O3Re-4. The molecule has 0 aliphatic carbocycles. The summed E-state index contributed by atoms with van der Waals surface area (Å²) < 4.78 is 35.1. The monoisotopic (exact) mass is 581 g/mol. The minimum atomic E-state index is -4.36. The molecule has 2 N–H and O–H groups in total. The summed E-state index contributed by atoms with van der Waals surface area (Å²) in [7, 11) is 2.00. The van der Waals surface area contributed by atoms with E-state index in [2.05, 4.69) is 29.1 Å². The van der Waals surface area contributed by atoms with Gasteiger partial charge in [0.25, 0.3) is 0 Å². The van der Waals surface area contributed by atoms with Crippen LogP contribution in [-0.4, -0.2) is 36.3 Å². The fourth-order valence-electron chi connectivity index (χ4n) is 1.65. The van der Waals surface area contributed by atoms with Crippen molar-refractivity contribution >= 4 is 6.79 Å². The molecule has 0 amide bonds. The smallest absolute Gasteiger partial charge is 0.431 e. The van der Waals surface area contributed by atoms with Crippen molar-refractivity contribution < 1.29 is 48.6 Å². The van der Waals surface area contributed by atoms with Crippen LogP contribution in [0.2, 0.25) is 0 Å². The van der Waals surface area contributed by atoms with E-state index in [1.54, 1.807) is 0 Å². The Morgan fingerprint density at radius 2 is 1.34 bits per heavy atom. The molecule has 2 aromatic carbocycles. The topological polar surface area (TPSA) is 84.5 Å². The number of aliphatic hydroxyl groups is 2. The Morgan fingerprint density at radius 1 is 0.931 bits per heavy atom. The van der Waals surface area contributed by atoms with E-state index in [1.165, 1.54) is 6.92 Å². The van der Waals surface area contributed by atoms with Crippen molar-refractivity contribution in [1.29, 1.82) is 0 Å². The maximum absolute atomic E-state index is 11.7. The Hall–Kier alpha value is -2.31. The zero-order chi connectivity index (χ0) is 22.0. The number of aryl methyl sites for hydroxylation is 1. The second-order valence-electron chi connectivity index (χ2n) is 4.42. The van der Waals surface area contributed by atoms with Crippen LogP contribution in [-0.2, 0) is 31.4 Å². The Bertz CT molecular complexity index is 687. The molecule has 9 heteroatoms. The molecule has 0 aliphatic heterocycles. The Balaban J connectivity index is -0.000000365. The SMILES string of the molecule is CO.CO.Cc1cc(C(F)(F)F)n[n-]1.[CH-]=O.[Re].[c-]1ccccc1-c1[c-]cccc1. The van der Waals surface area contributed by atoms with Gasteiger partial charge in [-0.05, 0) is 0 Å². The van der Waals surface area contributed by atoms with Gasteiger partial charge in [-0.25, -0.2) is 11.1 Å². The van der Waals surface area contributed by atoms with Crippen molar-refractivity contribution in [3.63, 3.8) is 0 Å². The van der Waals surface area contributed by atoms with Crippen molar-refractivity contribution in [3.8, 4) is 11.1 Å². The number of alkyl halides is 3. The summed E-state index contributed by atoms with van der Waals surface area (Å²) in [5.41, 5.74) is 1.55. The van der Waals surface area contributed by atoms with Crippen molar-refractivity contribution in [3.05, 3.63) is 78.1 Å². The van der Waals surface area contributed by atoms with Gasteiger partial charge < -0.3 is 25.2 Å². The molecule has 1 aromatic heterocycles. The van der Waals surface area contributed by atoms with Crippen molar-refractivity contribution in [2.75, 3.05) is 14.2 Å². The first-order chi connectivity index (χ1) is 13.5. The molecule has 5 nitrogen and oxygen atoms in total. The van der Waals surface area contributed by atoms with E-state index >= 15 is 0 Å². The molecule has 3 aromatic rings. The Morgan fingerprint density at radius 3 is 1.55 bits per heavy atom. The standard InChI is InChI=1S/C12H8.C5H4F3N2.2CH4O.CHO.Re/c1-3-7-11(8-4-1)12-9-5-2-6-10-12;1-3-2-4(10-9-3)5(6,7)8;3*1-2;/h1-7,9H;2H,1H3;2*2H,1H3;1H;/q-2;-1;;;-1;. The summed E-state index contributed by atoms with van der Waals surface area (Å²) >= 11 is 0. The number of nitrogens with zero attached hydrogens (tertiary/aromatic N) is 2. The van der Waals surface area contributed by atoms with Gasteiger partial charge in [0.05, 0.1) is 0 Å². The molecule has 1 radical (unpaired) electrons. The molecule has 0 bridgehead atoms. The molecule has 3 rings (SSSR count).